The van der Waals surface area contributed by atoms with Crippen LogP contribution >= 0.6 is 0 Å². The number of benzene rings is 3. The third-order valence-corrected chi connectivity index (χ3v) is 6.47. The lowest BCUT2D eigenvalue weighted by Gasteiger charge is -2.31. The second-order valence-corrected chi connectivity index (χ2v) is 9.16. The Hall–Kier alpha value is -4.91. The fraction of sp³-hybridized carbons (Fsp3) is 0.214. The Kier molecular flexibility index (Phi) is 7.88. The Balaban J connectivity index is 1.32. The molecule has 3 aromatic carbocycles. The molecule has 2 heterocycles. The fourth-order valence-electron chi connectivity index (χ4n) is 4.49. The Morgan fingerprint density at radius 2 is 1.66 bits per heavy atom. The average Bonchev–Trinajstić information content (AvgIpc) is 3.12. The number of morpholine rings is 1. The van der Waals surface area contributed by atoms with Gasteiger partial charge in [-0.3, -0.25) is 15.0 Å². The number of hydrogen-bond acceptors (Lipinski definition) is 6. The summed E-state index contributed by atoms with van der Waals surface area (Å²) in [6.45, 7) is 1.15. The lowest BCUT2D eigenvalue weighted by atomic mass is 10.0. The molecule has 1 fully saturated rings. The summed E-state index contributed by atoms with van der Waals surface area (Å²) in [5.74, 6) is -1.45. The molecule has 10 nitrogen and oxygen atoms in total. The van der Waals surface area contributed by atoms with Crippen molar-refractivity contribution in [2.75, 3.05) is 36.5 Å². The molecule has 4 amide bonds. The maximum atomic E-state index is 13.4. The number of carbonyl (C=O) groups is 3. The summed E-state index contributed by atoms with van der Waals surface area (Å²) in [4.78, 5) is 44.7. The van der Waals surface area contributed by atoms with Crippen LogP contribution in [0, 0.1) is 0 Å². The van der Waals surface area contributed by atoms with Gasteiger partial charge < -0.3 is 20.3 Å². The number of hydrazine groups is 1. The number of alkyl halides is 3. The van der Waals surface area contributed by atoms with E-state index in [9.17, 15) is 27.6 Å². The first-order valence-corrected chi connectivity index (χ1v) is 12.6. The molecule has 1 atom stereocenters. The zero-order valence-electron chi connectivity index (χ0n) is 21.5. The van der Waals surface area contributed by atoms with Gasteiger partial charge in [-0.05, 0) is 24.3 Å². The van der Waals surface area contributed by atoms with Crippen molar-refractivity contribution in [3.05, 3.63) is 95.1 Å². The van der Waals surface area contributed by atoms with Crippen LogP contribution in [0.1, 0.15) is 27.0 Å². The Morgan fingerprint density at radius 1 is 0.951 bits per heavy atom. The lowest BCUT2D eigenvalue weighted by Crippen LogP contribution is -2.52. The van der Waals surface area contributed by atoms with Gasteiger partial charge in [0.25, 0.3) is 11.8 Å². The Labute approximate surface area is 232 Å². The van der Waals surface area contributed by atoms with Crippen LogP contribution in [0.25, 0.3) is 0 Å². The smallest absolute Gasteiger partial charge is 0.378 e. The van der Waals surface area contributed by atoms with Crippen molar-refractivity contribution < 1.29 is 32.3 Å². The first kappa shape index (κ1) is 27.6. The van der Waals surface area contributed by atoms with E-state index in [0.29, 0.717) is 17.0 Å². The summed E-state index contributed by atoms with van der Waals surface area (Å²) >= 11 is 0. The van der Waals surface area contributed by atoms with Gasteiger partial charge in [0.05, 0.1) is 41.4 Å². The maximum Gasteiger partial charge on any atom is 0.416 e. The summed E-state index contributed by atoms with van der Waals surface area (Å²) in [6.07, 6.45) is -5.96. The molecule has 0 aromatic heterocycles. The number of urea groups is 1. The van der Waals surface area contributed by atoms with E-state index in [-0.39, 0.29) is 37.6 Å². The minimum absolute atomic E-state index is 0.0563. The molecule has 212 valence electrons. The largest absolute Gasteiger partial charge is 0.416 e. The van der Waals surface area contributed by atoms with Gasteiger partial charge in [0, 0.05) is 24.2 Å². The lowest BCUT2D eigenvalue weighted by molar-refractivity contribution is -0.137. The number of carbonyl (C=O) groups excluding carboxylic acids is 3. The van der Waals surface area contributed by atoms with Crippen molar-refractivity contribution in [2.24, 2.45) is 4.99 Å². The molecular formula is C28H25F3N6O4. The number of nitrogens with one attached hydrogen (secondary N) is 4. The number of para-hydroxylation sites is 1. The molecule has 41 heavy (non-hydrogen) atoms. The number of aliphatic imine (C=N–C) groups is 1. The van der Waals surface area contributed by atoms with Crippen molar-refractivity contribution in [3.8, 4) is 0 Å². The molecule has 13 heteroatoms. The van der Waals surface area contributed by atoms with Gasteiger partial charge in [-0.15, -0.1) is 0 Å². The van der Waals surface area contributed by atoms with E-state index in [2.05, 4.69) is 26.5 Å². The number of fused-ring (bicyclic) bond motifs is 1. The zero-order valence-corrected chi connectivity index (χ0v) is 21.5. The highest BCUT2D eigenvalue weighted by Gasteiger charge is 2.33. The van der Waals surface area contributed by atoms with Crippen LogP contribution in [0.3, 0.4) is 0 Å². The molecule has 4 N–H and O–H groups in total. The first-order valence-electron chi connectivity index (χ1n) is 12.6. The first-order chi connectivity index (χ1) is 19.7. The standard InChI is InChI=1S/C28H25F3N6O4/c29-28(30,31)18-10-11-20(22(16-18)37-12-14-41-15-13-37)25(38)35-36-27(40)34-24-26(39)32-21-9-5-4-8-19(21)23(33-24)17-6-2-1-3-7-17/h1-11,16,24H,12-15H2,(H,32,39)(H,35,38)(H2,34,36,40)/t24-/m1/s1. The van der Waals surface area contributed by atoms with Crippen molar-refractivity contribution >= 4 is 34.9 Å². The van der Waals surface area contributed by atoms with E-state index >= 15 is 0 Å². The third-order valence-electron chi connectivity index (χ3n) is 6.47. The highest BCUT2D eigenvalue weighted by Crippen LogP contribution is 2.34. The highest BCUT2D eigenvalue weighted by atomic mass is 19.4. The molecule has 2 aliphatic heterocycles. The van der Waals surface area contributed by atoms with E-state index in [1.807, 2.05) is 30.3 Å². The van der Waals surface area contributed by atoms with Crippen LogP contribution in [-0.2, 0) is 15.7 Å². The molecule has 1 saturated heterocycles. The molecular weight excluding hydrogens is 541 g/mol. The molecule has 5 rings (SSSR count). The van der Waals surface area contributed by atoms with Crippen LogP contribution in [-0.4, -0.2) is 56.0 Å². The number of amides is 4. The summed E-state index contributed by atoms with van der Waals surface area (Å²) in [5, 5.41) is 5.16. The molecule has 0 unspecified atom stereocenters. The van der Waals surface area contributed by atoms with Gasteiger partial charge in [0.2, 0.25) is 6.17 Å². The fourth-order valence-corrected chi connectivity index (χ4v) is 4.49. The quantitative estimate of drug-likeness (QED) is 0.361. The van der Waals surface area contributed by atoms with Crippen LogP contribution < -0.4 is 26.4 Å². The zero-order chi connectivity index (χ0) is 29.0. The predicted octanol–water partition coefficient (Wildman–Crippen LogP) is 3.30. The third kappa shape index (κ3) is 6.30. The van der Waals surface area contributed by atoms with Crippen LogP contribution in [0.4, 0.5) is 29.3 Å². The van der Waals surface area contributed by atoms with E-state index < -0.39 is 35.8 Å². The average molecular weight is 567 g/mol. The number of hydrogen-bond donors (Lipinski definition) is 4. The molecule has 0 saturated carbocycles. The number of nitrogens with zero attached hydrogens (tertiary/aromatic N) is 2. The molecule has 3 aromatic rings. The van der Waals surface area contributed by atoms with Gasteiger partial charge in [0.15, 0.2) is 0 Å². The van der Waals surface area contributed by atoms with E-state index in [0.717, 1.165) is 23.8 Å². The van der Waals surface area contributed by atoms with Gasteiger partial charge in [-0.2, -0.15) is 13.2 Å². The van der Waals surface area contributed by atoms with Gasteiger partial charge in [-0.1, -0.05) is 48.5 Å². The number of halogens is 3. The summed E-state index contributed by atoms with van der Waals surface area (Å²) in [6, 6.07) is 18.0. The van der Waals surface area contributed by atoms with Crippen molar-refractivity contribution in [3.63, 3.8) is 0 Å². The second kappa shape index (κ2) is 11.7. The molecule has 0 bridgehead atoms. The minimum atomic E-state index is -4.60. The Morgan fingerprint density at radius 3 is 2.39 bits per heavy atom. The van der Waals surface area contributed by atoms with Crippen molar-refractivity contribution in [1.29, 1.82) is 0 Å². The highest BCUT2D eigenvalue weighted by molar-refractivity contribution is 6.19. The summed E-state index contributed by atoms with van der Waals surface area (Å²) in [5.41, 5.74) is 5.77. The number of ether oxygens (including phenoxy) is 1. The topological polar surface area (TPSA) is 124 Å². The number of benzodiazepines with no additional fused rings is 1. The van der Waals surface area contributed by atoms with Gasteiger partial charge >= 0.3 is 12.2 Å². The normalized spacial score (nSPS) is 17.0. The molecule has 0 spiro atoms. The van der Waals surface area contributed by atoms with Crippen molar-refractivity contribution in [1.82, 2.24) is 16.2 Å². The molecule has 0 aliphatic carbocycles. The monoisotopic (exact) mass is 566 g/mol. The van der Waals surface area contributed by atoms with Gasteiger partial charge in [-0.25, -0.2) is 15.2 Å². The minimum Gasteiger partial charge on any atom is -0.378 e. The molecule has 2 aliphatic rings. The number of rotatable bonds is 4. The second-order valence-electron chi connectivity index (χ2n) is 9.16. The molecule has 0 radical (unpaired) electrons. The summed E-state index contributed by atoms with van der Waals surface area (Å²) < 4.78 is 45.4. The van der Waals surface area contributed by atoms with Crippen LogP contribution in [0.5, 0.6) is 0 Å². The van der Waals surface area contributed by atoms with Crippen molar-refractivity contribution in [2.45, 2.75) is 12.3 Å². The van der Waals surface area contributed by atoms with E-state index in [1.54, 1.807) is 29.2 Å². The SMILES string of the molecule is O=C(NNC(=O)c1ccc(C(F)(F)F)cc1N1CCOCC1)N[C@H]1N=C(c2ccccc2)c2ccccc2NC1=O. The van der Waals surface area contributed by atoms with Crippen LogP contribution in [0.15, 0.2) is 77.8 Å². The number of anilines is 2. The predicted molar refractivity (Wildman–Crippen MR) is 145 cm³/mol. The van der Waals surface area contributed by atoms with Gasteiger partial charge in [0.1, 0.15) is 0 Å². The maximum absolute atomic E-state index is 13.4. The van der Waals surface area contributed by atoms with E-state index in [1.165, 1.54) is 0 Å². The van der Waals surface area contributed by atoms with Crippen LogP contribution in [0.2, 0.25) is 0 Å². The summed E-state index contributed by atoms with van der Waals surface area (Å²) in [7, 11) is 0. The van der Waals surface area contributed by atoms with E-state index in [4.69, 9.17) is 4.74 Å². The Bertz CT molecular complexity index is 1490.